The van der Waals surface area contributed by atoms with Crippen LogP contribution in [0.5, 0.6) is 0 Å². The van der Waals surface area contributed by atoms with Crippen LogP contribution in [0.25, 0.3) is 22.3 Å². The van der Waals surface area contributed by atoms with Crippen LogP contribution >= 0.6 is 0 Å². The fourth-order valence-electron chi connectivity index (χ4n) is 7.94. The first kappa shape index (κ1) is 33.3. The van der Waals surface area contributed by atoms with Gasteiger partial charge in [0.15, 0.2) is 0 Å². The Morgan fingerprint density at radius 3 is 1.50 bits per heavy atom. The average Bonchev–Trinajstić information content (AvgIpc) is 3.99. The summed E-state index contributed by atoms with van der Waals surface area (Å²) < 4.78 is 4.59. The Morgan fingerprint density at radius 2 is 0.944 bits per heavy atom. The van der Waals surface area contributed by atoms with Gasteiger partial charge in [0.25, 0.3) is 0 Å². The summed E-state index contributed by atoms with van der Waals surface area (Å²) in [6.07, 6.45) is 11.1. The molecule has 0 atom stereocenters. The standard InChI is InChI=1S/C50H42N4/c1-31-7-15-35(16-8-31)47-39-29-46(53(5)30-39)50(38-21-13-34(4)14-22-38)43-26-25-42(52-43)49(37-19-11-33(3)12-20-37)45-28-27-44(54(45)6)48(41-24-23-40(47)51-41)36-17-9-32(2)10-18-36/h7-30H,1-6H3/p+1. The smallest absolute Gasteiger partial charge is 0.214 e. The minimum Gasteiger partial charge on any atom is -0.350 e. The lowest BCUT2D eigenvalue weighted by atomic mass is 9.95. The van der Waals surface area contributed by atoms with Gasteiger partial charge in [-0.15, -0.1) is 0 Å². The molecule has 5 heterocycles. The molecule has 262 valence electrons. The summed E-state index contributed by atoms with van der Waals surface area (Å²) >= 11 is 0. The minimum atomic E-state index is 0.943. The molecule has 1 N–H and O–H groups in total. The third-order valence-corrected chi connectivity index (χ3v) is 10.9. The average molecular weight is 700 g/mol. The second-order valence-electron chi connectivity index (χ2n) is 14.9. The minimum absolute atomic E-state index is 0.943. The highest BCUT2D eigenvalue weighted by Gasteiger charge is 2.28. The van der Waals surface area contributed by atoms with Crippen LogP contribution in [0, 0.1) is 27.7 Å². The molecular formula is C50H43N4+. The topological polar surface area (TPSA) is 36.2 Å². The Balaban J connectivity index is 1.45. The summed E-state index contributed by atoms with van der Waals surface area (Å²) in [4.78, 5) is 9.46. The maximum absolute atomic E-state index is 5.51. The fraction of sp³-hybridized carbons (Fsp3) is 0.120. The Bertz CT molecular complexity index is 2800. The molecule has 3 aliphatic heterocycles. The number of hydrogen-bond donors (Lipinski definition) is 1. The molecule has 0 unspecified atom stereocenters. The first-order valence-electron chi connectivity index (χ1n) is 18.7. The van der Waals surface area contributed by atoms with Gasteiger partial charge >= 0.3 is 0 Å². The fourth-order valence-corrected chi connectivity index (χ4v) is 7.94. The Morgan fingerprint density at radius 1 is 0.463 bits per heavy atom. The van der Waals surface area contributed by atoms with Crippen LogP contribution in [-0.2, 0) is 14.1 Å². The molecule has 4 nitrogen and oxygen atoms in total. The Kier molecular flexibility index (Phi) is 8.12. The van der Waals surface area contributed by atoms with E-state index < -0.39 is 0 Å². The van der Waals surface area contributed by atoms with Crippen LogP contribution in [0.3, 0.4) is 0 Å². The Labute approximate surface area is 317 Å². The molecule has 0 radical (unpaired) electrons. The molecule has 9 rings (SSSR count). The SMILES string of the molecule is Cc1ccc(C2=C3C=CC(=[NH+]3)C(c3ccc(C)cc3)=c3ccc(n3C)=C(c3ccc(C)cc3)C3=NC(=C(c4ccc(C)cc4)c4cc2cn4C)C=C3)cc1. The molecule has 54 heavy (non-hydrogen) atoms. The van der Waals surface area contributed by atoms with E-state index in [1.807, 2.05) is 0 Å². The van der Waals surface area contributed by atoms with E-state index in [9.17, 15) is 0 Å². The van der Waals surface area contributed by atoms with Crippen molar-refractivity contribution in [3.05, 3.63) is 224 Å². The normalized spacial score (nSPS) is 15.1. The molecule has 2 aromatic heterocycles. The summed E-state index contributed by atoms with van der Waals surface area (Å²) in [5.74, 6) is 0. The van der Waals surface area contributed by atoms with Gasteiger partial charge in [-0.2, -0.15) is 0 Å². The van der Waals surface area contributed by atoms with Crippen LogP contribution in [-0.4, -0.2) is 20.6 Å². The van der Waals surface area contributed by atoms with Crippen molar-refractivity contribution in [2.45, 2.75) is 27.7 Å². The van der Waals surface area contributed by atoms with Crippen LogP contribution in [0.2, 0.25) is 0 Å². The number of fused-ring (bicyclic) bond motifs is 6. The highest BCUT2D eigenvalue weighted by molar-refractivity contribution is 6.31. The summed E-state index contributed by atoms with van der Waals surface area (Å²) in [6, 6.07) is 42.3. The van der Waals surface area contributed by atoms with Crippen molar-refractivity contribution in [2.24, 2.45) is 19.1 Å². The van der Waals surface area contributed by atoms with Gasteiger partial charge in [-0.05, 0) is 80.3 Å². The van der Waals surface area contributed by atoms with Crippen molar-refractivity contribution in [1.82, 2.24) is 9.13 Å². The van der Waals surface area contributed by atoms with Crippen molar-refractivity contribution in [2.75, 3.05) is 0 Å². The van der Waals surface area contributed by atoms with Gasteiger partial charge in [-0.25, -0.2) is 9.98 Å². The van der Waals surface area contributed by atoms with E-state index in [-0.39, 0.29) is 0 Å². The second-order valence-corrected chi connectivity index (χ2v) is 14.9. The van der Waals surface area contributed by atoms with E-state index in [4.69, 9.17) is 4.99 Å². The van der Waals surface area contributed by atoms with Gasteiger partial charge in [0, 0.05) is 49.2 Å². The molecule has 0 saturated heterocycles. The number of aryl methyl sites for hydroxylation is 5. The lowest BCUT2D eigenvalue weighted by Gasteiger charge is -2.13. The van der Waals surface area contributed by atoms with E-state index in [0.29, 0.717) is 0 Å². The zero-order chi connectivity index (χ0) is 37.1. The van der Waals surface area contributed by atoms with Gasteiger partial charge in [-0.1, -0.05) is 119 Å². The van der Waals surface area contributed by atoms with Gasteiger partial charge in [0.05, 0.1) is 38.9 Å². The summed E-state index contributed by atoms with van der Waals surface area (Å²) in [5, 5.41) is 2.23. The third kappa shape index (κ3) is 5.81. The lowest BCUT2D eigenvalue weighted by Crippen LogP contribution is -2.68. The van der Waals surface area contributed by atoms with E-state index >= 15 is 0 Å². The molecule has 0 fully saturated rings. The molecule has 4 aromatic carbocycles. The maximum atomic E-state index is 5.51. The van der Waals surface area contributed by atoms with E-state index in [1.54, 1.807) is 0 Å². The largest absolute Gasteiger partial charge is 0.350 e. The van der Waals surface area contributed by atoms with Gasteiger partial charge in [-0.3, -0.25) is 0 Å². The quantitative estimate of drug-likeness (QED) is 0.200. The predicted molar refractivity (Wildman–Crippen MR) is 224 cm³/mol. The molecule has 0 saturated carbocycles. The first-order chi connectivity index (χ1) is 26.2. The number of nitrogens with zero attached hydrogens (tertiary/aromatic N) is 3. The zero-order valence-corrected chi connectivity index (χ0v) is 31.7. The number of hydrogen-bond acceptors (Lipinski definition) is 1. The monoisotopic (exact) mass is 699 g/mol. The zero-order valence-electron chi connectivity index (χ0n) is 31.7. The van der Waals surface area contributed by atoms with Crippen molar-refractivity contribution < 1.29 is 4.99 Å². The van der Waals surface area contributed by atoms with Gasteiger partial charge < -0.3 is 9.13 Å². The van der Waals surface area contributed by atoms with Crippen molar-refractivity contribution in [3.8, 4) is 0 Å². The second kappa shape index (κ2) is 13.2. The summed E-state index contributed by atoms with van der Waals surface area (Å²) in [7, 11) is 4.33. The molecule has 0 aliphatic carbocycles. The van der Waals surface area contributed by atoms with Crippen molar-refractivity contribution >= 4 is 33.7 Å². The number of aliphatic imine (C=N–C) groups is 1. The molecule has 0 spiro atoms. The lowest BCUT2D eigenvalue weighted by molar-refractivity contribution is -0.383. The third-order valence-electron chi connectivity index (χ3n) is 10.9. The number of benzene rings is 4. The van der Waals surface area contributed by atoms with Crippen LogP contribution < -0.4 is 15.7 Å². The van der Waals surface area contributed by atoms with Gasteiger partial charge in [0.2, 0.25) is 11.4 Å². The first-order valence-corrected chi connectivity index (χ1v) is 18.7. The molecule has 3 aliphatic rings. The van der Waals surface area contributed by atoms with Crippen molar-refractivity contribution in [1.29, 1.82) is 0 Å². The highest BCUT2D eigenvalue weighted by atomic mass is 14.9. The Hall–Kier alpha value is -6.52. The van der Waals surface area contributed by atoms with Crippen LogP contribution in [0.4, 0.5) is 0 Å². The van der Waals surface area contributed by atoms with E-state index in [2.05, 4.69) is 202 Å². The number of rotatable bonds is 4. The van der Waals surface area contributed by atoms with Crippen molar-refractivity contribution in [3.63, 3.8) is 0 Å². The maximum Gasteiger partial charge on any atom is 0.214 e. The van der Waals surface area contributed by atoms with Gasteiger partial charge in [0.1, 0.15) is 0 Å². The summed E-state index contributed by atoms with van der Waals surface area (Å²) in [6.45, 7) is 8.56. The predicted octanol–water partition coefficient (Wildman–Crippen LogP) is 7.33. The molecule has 6 aromatic rings. The van der Waals surface area contributed by atoms with Crippen LogP contribution in [0.1, 0.15) is 55.8 Å². The number of allylic oxidation sites excluding steroid dienone is 4. The number of nitrogens with one attached hydrogen (secondary N) is 1. The molecular weight excluding hydrogens is 657 g/mol. The van der Waals surface area contributed by atoms with E-state index in [1.165, 1.54) is 22.3 Å². The highest BCUT2D eigenvalue weighted by Crippen LogP contribution is 2.36. The van der Waals surface area contributed by atoms with Crippen LogP contribution in [0.15, 0.2) is 162 Å². The molecule has 4 heteroatoms. The summed E-state index contributed by atoms with van der Waals surface area (Å²) in [5.41, 5.74) is 20.3. The molecule has 8 bridgehead atoms. The molecule has 0 amide bonds. The number of aromatic nitrogens is 2. The van der Waals surface area contributed by atoms with E-state index in [0.717, 1.165) is 89.3 Å².